The van der Waals surface area contributed by atoms with E-state index in [0.29, 0.717) is 5.69 Å². The van der Waals surface area contributed by atoms with Crippen molar-refractivity contribution in [2.75, 3.05) is 24.6 Å². The van der Waals surface area contributed by atoms with Crippen molar-refractivity contribution in [3.8, 4) is 0 Å². The third-order valence-corrected chi connectivity index (χ3v) is 6.79. The highest BCUT2D eigenvalue weighted by Gasteiger charge is 2.25. The number of benzene rings is 2. The number of anilines is 1. The van der Waals surface area contributed by atoms with Crippen LogP contribution in [-0.2, 0) is 29.1 Å². The molecule has 1 amide bonds. The van der Waals surface area contributed by atoms with Gasteiger partial charge in [-0.3, -0.25) is 13.9 Å². The zero-order valence-electron chi connectivity index (χ0n) is 19.7. The van der Waals surface area contributed by atoms with Gasteiger partial charge >= 0.3 is 11.9 Å². The number of nitrogens with zero attached hydrogens (tertiary/aromatic N) is 1. The molecule has 10 heteroatoms. The van der Waals surface area contributed by atoms with E-state index >= 15 is 0 Å². The maximum absolute atomic E-state index is 12.9. The minimum atomic E-state index is -3.77. The molecule has 1 N–H and O–H groups in total. The number of sulfonamides is 1. The van der Waals surface area contributed by atoms with E-state index in [1.54, 1.807) is 26.0 Å². The third kappa shape index (κ3) is 7.05. The lowest BCUT2D eigenvalue weighted by atomic mass is 10.1. The summed E-state index contributed by atoms with van der Waals surface area (Å²) < 4.78 is 36.7. The first-order valence-corrected chi connectivity index (χ1v) is 12.3. The zero-order chi connectivity index (χ0) is 25.3. The molecule has 2 aromatic carbocycles. The van der Waals surface area contributed by atoms with E-state index in [1.165, 1.54) is 43.4 Å². The Labute approximate surface area is 200 Å². The lowest BCUT2D eigenvalue weighted by Gasteiger charge is -2.20. The number of hydrogen-bond acceptors (Lipinski definition) is 7. The van der Waals surface area contributed by atoms with Gasteiger partial charge in [-0.15, -0.1) is 0 Å². The van der Waals surface area contributed by atoms with Crippen LogP contribution < -0.4 is 9.62 Å². The van der Waals surface area contributed by atoms with Gasteiger partial charge < -0.3 is 14.8 Å². The van der Waals surface area contributed by atoms with Gasteiger partial charge in [0.25, 0.3) is 15.9 Å². The zero-order valence-corrected chi connectivity index (χ0v) is 20.6. The van der Waals surface area contributed by atoms with Crippen LogP contribution in [0.2, 0.25) is 0 Å². The molecule has 34 heavy (non-hydrogen) atoms. The van der Waals surface area contributed by atoms with Crippen molar-refractivity contribution in [3.63, 3.8) is 0 Å². The summed E-state index contributed by atoms with van der Waals surface area (Å²) in [7, 11) is -2.34. The van der Waals surface area contributed by atoms with Crippen LogP contribution in [0, 0.1) is 6.92 Å². The fourth-order valence-corrected chi connectivity index (χ4v) is 4.25. The van der Waals surface area contributed by atoms with Crippen molar-refractivity contribution in [2.45, 2.75) is 44.6 Å². The van der Waals surface area contributed by atoms with E-state index in [4.69, 9.17) is 9.47 Å². The summed E-state index contributed by atoms with van der Waals surface area (Å²) in [5.74, 6) is -1.69. The number of carbonyl (C=O) groups excluding carboxylic acids is 3. The Hall–Kier alpha value is -3.40. The van der Waals surface area contributed by atoms with Crippen molar-refractivity contribution < 1.29 is 32.3 Å². The molecule has 1 atom stereocenters. The highest BCUT2D eigenvalue weighted by atomic mass is 32.2. The summed E-state index contributed by atoms with van der Waals surface area (Å²) in [6.45, 7) is 5.53. The maximum atomic E-state index is 12.9. The lowest BCUT2D eigenvalue weighted by molar-refractivity contribution is -0.146. The quantitative estimate of drug-likeness (QED) is 0.481. The Morgan fingerprint density at radius 1 is 0.941 bits per heavy atom. The molecule has 0 aliphatic rings. The number of amides is 1. The second-order valence-corrected chi connectivity index (χ2v) is 9.42. The van der Waals surface area contributed by atoms with Gasteiger partial charge in [-0.25, -0.2) is 13.2 Å². The van der Waals surface area contributed by atoms with Gasteiger partial charge in [0.15, 0.2) is 0 Å². The molecule has 0 heterocycles. The predicted molar refractivity (Wildman–Crippen MR) is 127 cm³/mol. The second-order valence-electron chi connectivity index (χ2n) is 7.45. The Morgan fingerprint density at radius 3 is 2.09 bits per heavy atom. The predicted octanol–water partition coefficient (Wildman–Crippen LogP) is 2.82. The first-order chi connectivity index (χ1) is 16.1. The van der Waals surface area contributed by atoms with Gasteiger partial charge in [0, 0.05) is 19.0 Å². The number of aryl methyl sites for hydroxylation is 1. The molecule has 2 aromatic rings. The molecule has 9 nitrogen and oxygen atoms in total. The van der Waals surface area contributed by atoms with Gasteiger partial charge in [0.1, 0.15) is 6.04 Å². The van der Waals surface area contributed by atoms with Crippen LogP contribution in [0.15, 0.2) is 53.4 Å². The van der Waals surface area contributed by atoms with E-state index < -0.39 is 33.9 Å². The molecular weight excluding hydrogens is 460 g/mol. The maximum Gasteiger partial charge on any atom is 0.328 e. The normalized spacial score (nSPS) is 11.9. The van der Waals surface area contributed by atoms with Crippen LogP contribution in [0.4, 0.5) is 5.69 Å². The van der Waals surface area contributed by atoms with Crippen molar-refractivity contribution in [2.24, 2.45) is 0 Å². The summed E-state index contributed by atoms with van der Waals surface area (Å²) in [5.41, 5.74) is 1.53. The lowest BCUT2D eigenvalue weighted by Crippen LogP contribution is -2.42. The van der Waals surface area contributed by atoms with Crippen LogP contribution >= 0.6 is 0 Å². The molecule has 0 radical (unpaired) electrons. The Balaban J connectivity index is 2.13. The first kappa shape index (κ1) is 26.8. The summed E-state index contributed by atoms with van der Waals surface area (Å²) in [5, 5.41) is 2.57. The van der Waals surface area contributed by atoms with E-state index in [2.05, 4.69) is 5.32 Å². The molecule has 0 saturated heterocycles. The molecule has 184 valence electrons. The van der Waals surface area contributed by atoms with Crippen LogP contribution in [0.1, 0.15) is 42.6 Å². The summed E-state index contributed by atoms with van der Waals surface area (Å²) in [6, 6.07) is 11.4. The highest BCUT2D eigenvalue weighted by molar-refractivity contribution is 7.92. The SMILES string of the molecule is CCOC(=O)CC[C@H](NC(=O)c1ccc(N(C)S(=O)(=O)c2ccc(C)cc2)cc1)C(=O)OCC. The van der Waals surface area contributed by atoms with E-state index in [1.807, 2.05) is 6.92 Å². The van der Waals surface area contributed by atoms with Gasteiger partial charge in [-0.1, -0.05) is 17.7 Å². The topological polar surface area (TPSA) is 119 Å². The summed E-state index contributed by atoms with van der Waals surface area (Å²) in [6.07, 6.45) is -0.0305. The Kier molecular flexibility index (Phi) is 9.61. The van der Waals surface area contributed by atoms with Crippen LogP contribution in [0.3, 0.4) is 0 Å². The third-order valence-electron chi connectivity index (χ3n) is 4.99. The molecule has 0 spiro atoms. The number of rotatable bonds is 11. The van der Waals surface area contributed by atoms with Gasteiger partial charge in [0.05, 0.1) is 23.8 Å². The number of nitrogens with one attached hydrogen (secondary N) is 1. The van der Waals surface area contributed by atoms with E-state index in [-0.39, 0.29) is 36.5 Å². The summed E-state index contributed by atoms with van der Waals surface area (Å²) >= 11 is 0. The van der Waals surface area contributed by atoms with Crippen LogP contribution in [0.25, 0.3) is 0 Å². The standard InChI is InChI=1S/C24H30N2O7S/c1-5-32-22(27)16-15-21(24(29)33-6-2)25-23(28)18-9-11-19(12-10-18)26(4)34(30,31)20-13-7-17(3)8-14-20/h7-14,21H,5-6,15-16H2,1-4H3,(H,25,28)/t21-/m0/s1. The molecule has 0 fully saturated rings. The number of hydrogen-bond donors (Lipinski definition) is 1. The average Bonchev–Trinajstić information content (AvgIpc) is 2.81. The monoisotopic (exact) mass is 490 g/mol. The van der Waals surface area contributed by atoms with Crippen molar-refractivity contribution in [1.82, 2.24) is 5.32 Å². The molecule has 0 saturated carbocycles. The largest absolute Gasteiger partial charge is 0.466 e. The van der Waals surface area contributed by atoms with Gasteiger partial charge in [-0.05, 0) is 63.6 Å². The number of ether oxygens (including phenoxy) is 2. The van der Waals surface area contributed by atoms with Crippen molar-refractivity contribution >= 4 is 33.6 Å². The molecule has 0 aromatic heterocycles. The number of esters is 2. The Morgan fingerprint density at radius 2 is 1.53 bits per heavy atom. The minimum Gasteiger partial charge on any atom is -0.466 e. The molecule has 0 bridgehead atoms. The molecule has 0 aliphatic heterocycles. The van der Waals surface area contributed by atoms with E-state index in [0.717, 1.165) is 9.87 Å². The minimum absolute atomic E-state index is 0.0268. The first-order valence-electron chi connectivity index (χ1n) is 10.9. The highest BCUT2D eigenvalue weighted by Crippen LogP contribution is 2.23. The van der Waals surface area contributed by atoms with E-state index in [9.17, 15) is 22.8 Å². The van der Waals surface area contributed by atoms with Crippen LogP contribution in [-0.4, -0.2) is 52.6 Å². The molecule has 0 unspecified atom stereocenters. The fourth-order valence-electron chi connectivity index (χ4n) is 3.06. The second kappa shape index (κ2) is 12.2. The Bertz CT molecular complexity index is 1100. The van der Waals surface area contributed by atoms with Gasteiger partial charge in [0.2, 0.25) is 0 Å². The average molecular weight is 491 g/mol. The molecule has 0 aliphatic carbocycles. The molecular formula is C24H30N2O7S. The van der Waals surface area contributed by atoms with Crippen molar-refractivity contribution in [3.05, 3.63) is 59.7 Å². The van der Waals surface area contributed by atoms with Crippen LogP contribution in [0.5, 0.6) is 0 Å². The number of carbonyl (C=O) groups is 3. The summed E-state index contributed by atoms with van der Waals surface area (Å²) in [4.78, 5) is 36.7. The van der Waals surface area contributed by atoms with Crippen molar-refractivity contribution in [1.29, 1.82) is 0 Å². The fraction of sp³-hybridized carbons (Fsp3) is 0.375. The van der Waals surface area contributed by atoms with Gasteiger partial charge in [-0.2, -0.15) is 0 Å². The molecule has 2 rings (SSSR count). The smallest absolute Gasteiger partial charge is 0.328 e.